The number of benzene rings is 1. The molecule has 0 saturated carbocycles. The maximum Gasteiger partial charge on any atom is 0.319 e. The van der Waals surface area contributed by atoms with Crippen molar-refractivity contribution in [2.45, 2.75) is 26.9 Å². The molecule has 0 fully saturated rings. The number of alkyl halides is 1. The quantitative estimate of drug-likeness (QED) is 0.756. The molecule has 1 rings (SSSR count). The molecule has 0 aromatic heterocycles. The fourth-order valence-electron chi connectivity index (χ4n) is 1.49. The third-order valence-corrected chi connectivity index (χ3v) is 2.89. The van der Waals surface area contributed by atoms with E-state index in [0.717, 1.165) is 0 Å². The van der Waals surface area contributed by atoms with E-state index in [9.17, 15) is 14.3 Å². The highest BCUT2D eigenvalue weighted by molar-refractivity contribution is 5.89. The summed E-state index contributed by atoms with van der Waals surface area (Å²) >= 11 is 0. The fourth-order valence-corrected chi connectivity index (χ4v) is 1.49. The van der Waals surface area contributed by atoms with Gasteiger partial charge in [-0.1, -0.05) is 26.8 Å². The number of ether oxygens (including phenoxy) is 1. The minimum Gasteiger partial charge on any atom is -0.491 e. The molecule has 0 heterocycles. The van der Waals surface area contributed by atoms with Gasteiger partial charge in [-0.2, -0.15) is 0 Å². The molecule has 1 aromatic rings. The molecule has 0 aliphatic heterocycles. The summed E-state index contributed by atoms with van der Waals surface area (Å²) in [6.45, 7) is 5.25. The van der Waals surface area contributed by atoms with Crippen molar-refractivity contribution >= 4 is 11.7 Å². The van der Waals surface area contributed by atoms with E-state index in [0.29, 0.717) is 11.4 Å². The van der Waals surface area contributed by atoms with E-state index in [4.69, 9.17) is 4.74 Å². The molecule has 1 aromatic carbocycles. The predicted molar refractivity (Wildman–Crippen MR) is 80.4 cm³/mol. The van der Waals surface area contributed by atoms with Crippen molar-refractivity contribution in [3.05, 3.63) is 24.3 Å². The van der Waals surface area contributed by atoms with Crippen molar-refractivity contribution < 1.29 is 19.0 Å². The van der Waals surface area contributed by atoms with E-state index in [2.05, 4.69) is 10.6 Å². The number of urea groups is 1. The molecule has 6 heteroatoms. The minimum absolute atomic E-state index is 0.0204. The van der Waals surface area contributed by atoms with E-state index < -0.39 is 18.8 Å². The molecule has 0 bridgehead atoms. The lowest BCUT2D eigenvalue weighted by Crippen LogP contribution is -2.40. The van der Waals surface area contributed by atoms with Gasteiger partial charge in [0.05, 0.1) is 6.10 Å². The van der Waals surface area contributed by atoms with Gasteiger partial charge in [-0.25, -0.2) is 9.18 Å². The largest absolute Gasteiger partial charge is 0.491 e. The number of anilines is 1. The normalized spacial score (nSPS) is 12.6. The van der Waals surface area contributed by atoms with E-state index in [1.165, 1.54) is 0 Å². The molecular weight excluding hydrogens is 275 g/mol. The molecule has 5 nitrogen and oxygen atoms in total. The smallest absolute Gasteiger partial charge is 0.319 e. The summed E-state index contributed by atoms with van der Waals surface area (Å²) in [5.74, 6) is 0.486. The van der Waals surface area contributed by atoms with E-state index in [1.807, 2.05) is 20.8 Å². The molecule has 21 heavy (non-hydrogen) atoms. The summed E-state index contributed by atoms with van der Waals surface area (Å²) in [5.41, 5.74) is 0.238. The van der Waals surface area contributed by atoms with Crippen LogP contribution in [0.1, 0.15) is 20.8 Å². The van der Waals surface area contributed by atoms with Crippen LogP contribution in [-0.2, 0) is 0 Å². The second-order valence-electron chi connectivity index (χ2n) is 5.78. The molecule has 1 atom stereocenters. The Balaban J connectivity index is 2.47. The fraction of sp³-hybridized carbons (Fsp3) is 0.533. The highest BCUT2D eigenvalue weighted by atomic mass is 19.1. The second kappa shape index (κ2) is 7.83. The van der Waals surface area contributed by atoms with Crippen LogP contribution in [0.3, 0.4) is 0 Å². The topological polar surface area (TPSA) is 70.6 Å². The first-order valence-electron chi connectivity index (χ1n) is 6.84. The van der Waals surface area contributed by atoms with Crippen LogP contribution < -0.4 is 15.4 Å². The van der Waals surface area contributed by atoms with Gasteiger partial charge in [0.1, 0.15) is 19.0 Å². The summed E-state index contributed by atoms with van der Waals surface area (Å²) in [6, 6.07) is 6.27. The molecule has 2 amide bonds. The Labute approximate surface area is 124 Å². The van der Waals surface area contributed by atoms with Crippen molar-refractivity contribution in [1.82, 2.24) is 5.32 Å². The molecule has 0 aliphatic carbocycles. The van der Waals surface area contributed by atoms with Crippen LogP contribution in [0.4, 0.5) is 14.9 Å². The van der Waals surface area contributed by atoms with Gasteiger partial charge in [0.2, 0.25) is 0 Å². The Morgan fingerprint density at radius 1 is 1.43 bits per heavy atom. The predicted octanol–water partition coefficient (Wildman–Crippen LogP) is 2.56. The average Bonchev–Trinajstić information content (AvgIpc) is 2.42. The number of rotatable bonds is 6. The summed E-state index contributed by atoms with van der Waals surface area (Å²) in [6.07, 6.45) is -0.637. The summed E-state index contributed by atoms with van der Waals surface area (Å²) in [5, 5.41) is 15.1. The van der Waals surface area contributed by atoms with Crippen molar-refractivity contribution in [1.29, 1.82) is 0 Å². The number of nitrogens with one attached hydrogen (secondary N) is 2. The van der Waals surface area contributed by atoms with E-state index in [-0.39, 0.29) is 18.6 Å². The van der Waals surface area contributed by atoms with Crippen molar-refractivity contribution in [3.63, 3.8) is 0 Å². The first-order valence-corrected chi connectivity index (χ1v) is 6.84. The van der Waals surface area contributed by atoms with Gasteiger partial charge in [0.15, 0.2) is 0 Å². The standard InChI is InChI=1S/C15H23FN2O3/c1-15(2,3)13(19)10-17-14(20)18-11-5-4-6-12(9-11)21-8-7-16/h4-6,9,13,19H,7-8,10H2,1-3H3,(H2,17,18,20). The van der Waals surface area contributed by atoms with Gasteiger partial charge in [0.25, 0.3) is 0 Å². The summed E-state index contributed by atoms with van der Waals surface area (Å²) < 4.78 is 17.2. The Morgan fingerprint density at radius 3 is 2.76 bits per heavy atom. The number of hydrogen-bond donors (Lipinski definition) is 3. The van der Waals surface area contributed by atoms with Crippen molar-refractivity contribution in [2.24, 2.45) is 5.41 Å². The maximum absolute atomic E-state index is 12.0. The monoisotopic (exact) mass is 298 g/mol. The van der Waals surface area contributed by atoms with E-state index >= 15 is 0 Å². The first-order chi connectivity index (χ1) is 9.82. The van der Waals surface area contributed by atoms with Crippen LogP contribution in [0.25, 0.3) is 0 Å². The maximum atomic E-state index is 12.0. The van der Waals surface area contributed by atoms with Crippen molar-refractivity contribution in [3.8, 4) is 5.75 Å². The highest BCUT2D eigenvalue weighted by Gasteiger charge is 2.22. The zero-order chi connectivity index (χ0) is 15.9. The number of aliphatic hydroxyl groups excluding tert-OH is 1. The van der Waals surface area contributed by atoms with E-state index in [1.54, 1.807) is 24.3 Å². The Hall–Kier alpha value is -1.82. The Bertz CT molecular complexity index is 460. The third kappa shape index (κ3) is 6.44. The number of halogens is 1. The zero-order valence-electron chi connectivity index (χ0n) is 12.6. The highest BCUT2D eigenvalue weighted by Crippen LogP contribution is 2.19. The van der Waals surface area contributed by atoms with Gasteiger partial charge in [-0.3, -0.25) is 0 Å². The SMILES string of the molecule is CC(C)(C)C(O)CNC(=O)Nc1cccc(OCCF)c1. The number of carbonyl (C=O) groups is 1. The van der Waals surface area contributed by atoms with Crippen molar-refractivity contribution in [2.75, 3.05) is 25.1 Å². The molecule has 3 N–H and O–H groups in total. The van der Waals surface area contributed by atoms with Gasteiger partial charge in [0, 0.05) is 18.3 Å². The lowest BCUT2D eigenvalue weighted by atomic mass is 9.89. The number of amides is 2. The minimum atomic E-state index is -0.637. The molecule has 0 spiro atoms. The molecule has 1 unspecified atom stereocenters. The molecule has 0 saturated heterocycles. The van der Waals surface area contributed by atoms with Crippen LogP contribution in [0.2, 0.25) is 0 Å². The van der Waals surface area contributed by atoms with Gasteiger partial charge >= 0.3 is 6.03 Å². The lowest BCUT2D eigenvalue weighted by Gasteiger charge is -2.25. The van der Waals surface area contributed by atoms with Gasteiger partial charge in [-0.15, -0.1) is 0 Å². The molecular formula is C15H23FN2O3. The van der Waals surface area contributed by atoms with Crippen LogP contribution in [0.5, 0.6) is 5.75 Å². The van der Waals surface area contributed by atoms with Crippen LogP contribution in [-0.4, -0.2) is 37.1 Å². The van der Waals surface area contributed by atoms with Crippen LogP contribution in [0, 0.1) is 5.41 Å². The molecule has 118 valence electrons. The first kappa shape index (κ1) is 17.2. The lowest BCUT2D eigenvalue weighted by molar-refractivity contribution is 0.0654. The Kier molecular flexibility index (Phi) is 6.42. The number of carbonyl (C=O) groups excluding carboxylic acids is 1. The number of aliphatic hydroxyl groups is 1. The van der Waals surface area contributed by atoms with Crippen LogP contribution in [0.15, 0.2) is 24.3 Å². The average molecular weight is 298 g/mol. The second-order valence-corrected chi connectivity index (χ2v) is 5.78. The Morgan fingerprint density at radius 2 is 2.14 bits per heavy atom. The zero-order valence-corrected chi connectivity index (χ0v) is 12.6. The molecule has 0 radical (unpaired) electrons. The molecule has 0 aliphatic rings. The summed E-state index contributed by atoms with van der Waals surface area (Å²) in [7, 11) is 0. The van der Waals surface area contributed by atoms with Gasteiger partial charge in [-0.05, 0) is 17.5 Å². The van der Waals surface area contributed by atoms with Gasteiger partial charge < -0.3 is 20.5 Å². The van der Waals surface area contributed by atoms with Crippen LogP contribution >= 0.6 is 0 Å². The number of hydrogen-bond acceptors (Lipinski definition) is 3. The summed E-state index contributed by atoms with van der Waals surface area (Å²) in [4.78, 5) is 11.7. The third-order valence-electron chi connectivity index (χ3n) is 2.89.